The van der Waals surface area contributed by atoms with Crippen LogP contribution in [0.15, 0.2) is 12.4 Å². The van der Waals surface area contributed by atoms with Gasteiger partial charge in [0.15, 0.2) is 0 Å². The summed E-state index contributed by atoms with van der Waals surface area (Å²) in [5, 5.41) is 7.34. The van der Waals surface area contributed by atoms with Crippen molar-refractivity contribution in [2.24, 2.45) is 11.7 Å². The fourth-order valence-corrected chi connectivity index (χ4v) is 3.64. The van der Waals surface area contributed by atoms with Crippen molar-refractivity contribution < 1.29 is 9.53 Å². The molecule has 0 bridgehead atoms. The zero-order valence-corrected chi connectivity index (χ0v) is 14.5. The molecule has 1 saturated heterocycles. The Balaban J connectivity index is 1.50. The second-order valence-corrected chi connectivity index (χ2v) is 7.24. The molecule has 0 aromatic carbocycles. The summed E-state index contributed by atoms with van der Waals surface area (Å²) in [5.41, 5.74) is 6.66. The topological polar surface area (TPSA) is 85.4 Å². The SMILES string of the molecule is CC1(N)CCCCC1C(=O)Nc1cnn(CCN2CCOCC2)c1. The van der Waals surface area contributed by atoms with Gasteiger partial charge < -0.3 is 15.8 Å². The number of hydrogen-bond donors (Lipinski definition) is 2. The maximum absolute atomic E-state index is 12.5. The maximum atomic E-state index is 12.5. The summed E-state index contributed by atoms with van der Waals surface area (Å²) in [6.45, 7) is 7.31. The smallest absolute Gasteiger partial charge is 0.229 e. The highest BCUT2D eigenvalue weighted by Crippen LogP contribution is 2.32. The number of nitrogens with two attached hydrogens (primary N) is 1. The number of hydrogen-bond acceptors (Lipinski definition) is 5. The van der Waals surface area contributed by atoms with Gasteiger partial charge in [0.05, 0.1) is 37.6 Å². The van der Waals surface area contributed by atoms with Crippen molar-refractivity contribution in [1.29, 1.82) is 0 Å². The van der Waals surface area contributed by atoms with Gasteiger partial charge in [0.2, 0.25) is 5.91 Å². The number of aromatic nitrogens is 2. The van der Waals surface area contributed by atoms with Crippen LogP contribution in [-0.2, 0) is 16.1 Å². The van der Waals surface area contributed by atoms with Crippen molar-refractivity contribution in [2.45, 2.75) is 44.7 Å². The van der Waals surface area contributed by atoms with Crippen LogP contribution in [0.4, 0.5) is 5.69 Å². The van der Waals surface area contributed by atoms with Crippen molar-refractivity contribution in [3.63, 3.8) is 0 Å². The van der Waals surface area contributed by atoms with E-state index in [0.717, 1.165) is 70.8 Å². The van der Waals surface area contributed by atoms with Crippen molar-refractivity contribution in [1.82, 2.24) is 14.7 Å². The third kappa shape index (κ3) is 4.34. The fourth-order valence-electron chi connectivity index (χ4n) is 3.64. The van der Waals surface area contributed by atoms with Crippen molar-refractivity contribution in [3.8, 4) is 0 Å². The second-order valence-electron chi connectivity index (χ2n) is 7.24. The van der Waals surface area contributed by atoms with Gasteiger partial charge in [-0.3, -0.25) is 14.4 Å². The highest BCUT2D eigenvalue weighted by atomic mass is 16.5. The van der Waals surface area contributed by atoms with Gasteiger partial charge in [0.1, 0.15) is 0 Å². The summed E-state index contributed by atoms with van der Waals surface area (Å²) < 4.78 is 7.23. The monoisotopic (exact) mass is 335 g/mol. The highest BCUT2D eigenvalue weighted by molar-refractivity contribution is 5.93. The molecule has 1 aromatic rings. The molecule has 24 heavy (non-hydrogen) atoms. The van der Waals surface area contributed by atoms with Crippen LogP contribution in [0.5, 0.6) is 0 Å². The maximum Gasteiger partial charge on any atom is 0.229 e. The van der Waals surface area contributed by atoms with E-state index in [1.54, 1.807) is 6.20 Å². The van der Waals surface area contributed by atoms with E-state index in [9.17, 15) is 4.79 Å². The molecule has 2 unspecified atom stereocenters. The standard InChI is InChI=1S/C17H29N5O2/c1-17(18)5-3-2-4-15(17)16(23)20-14-12-19-22(13-14)7-6-21-8-10-24-11-9-21/h12-13,15H,2-11,18H2,1H3,(H,20,23). The van der Waals surface area contributed by atoms with Crippen LogP contribution in [0.3, 0.4) is 0 Å². The highest BCUT2D eigenvalue weighted by Gasteiger charge is 2.37. The average Bonchev–Trinajstić information content (AvgIpc) is 3.01. The molecule has 2 aliphatic rings. The van der Waals surface area contributed by atoms with Crippen molar-refractivity contribution in [2.75, 3.05) is 38.2 Å². The van der Waals surface area contributed by atoms with Crippen LogP contribution in [0.1, 0.15) is 32.6 Å². The zero-order chi connectivity index (χ0) is 17.0. The fraction of sp³-hybridized carbons (Fsp3) is 0.765. The third-order valence-electron chi connectivity index (χ3n) is 5.22. The number of morpholine rings is 1. The first kappa shape index (κ1) is 17.4. The Hall–Kier alpha value is -1.44. The van der Waals surface area contributed by atoms with Gasteiger partial charge in [-0.05, 0) is 19.8 Å². The van der Waals surface area contributed by atoms with E-state index >= 15 is 0 Å². The average molecular weight is 335 g/mol. The molecular weight excluding hydrogens is 306 g/mol. The quantitative estimate of drug-likeness (QED) is 0.840. The van der Waals surface area contributed by atoms with Crippen molar-refractivity contribution >= 4 is 11.6 Å². The molecule has 1 saturated carbocycles. The number of ether oxygens (including phenoxy) is 1. The Kier molecular flexibility index (Phi) is 5.53. The Morgan fingerprint density at radius 1 is 1.42 bits per heavy atom. The van der Waals surface area contributed by atoms with E-state index < -0.39 is 5.54 Å². The lowest BCUT2D eigenvalue weighted by Gasteiger charge is -2.37. The molecule has 2 atom stereocenters. The van der Waals surface area contributed by atoms with E-state index in [0.29, 0.717) is 0 Å². The molecule has 1 aromatic heterocycles. The van der Waals surface area contributed by atoms with Crippen LogP contribution in [0.25, 0.3) is 0 Å². The van der Waals surface area contributed by atoms with Crippen LogP contribution >= 0.6 is 0 Å². The first-order valence-corrected chi connectivity index (χ1v) is 8.97. The molecule has 2 fully saturated rings. The van der Waals surface area contributed by atoms with E-state index in [2.05, 4.69) is 15.3 Å². The van der Waals surface area contributed by atoms with E-state index in [-0.39, 0.29) is 11.8 Å². The van der Waals surface area contributed by atoms with Gasteiger partial charge in [-0.25, -0.2) is 0 Å². The lowest BCUT2D eigenvalue weighted by molar-refractivity contribution is -0.122. The summed E-state index contributed by atoms with van der Waals surface area (Å²) in [6.07, 6.45) is 7.57. The molecule has 3 rings (SSSR count). The lowest BCUT2D eigenvalue weighted by atomic mass is 9.74. The number of carbonyl (C=O) groups is 1. The molecular formula is C17H29N5O2. The number of carbonyl (C=O) groups excluding carboxylic acids is 1. The molecule has 0 spiro atoms. The third-order valence-corrected chi connectivity index (χ3v) is 5.22. The Morgan fingerprint density at radius 3 is 2.96 bits per heavy atom. The number of nitrogens with zero attached hydrogens (tertiary/aromatic N) is 3. The molecule has 1 amide bonds. The first-order chi connectivity index (χ1) is 11.5. The summed E-state index contributed by atoms with van der Waals surface area (Å²) in [5.74, 6) is -0.102. The van der Waals surface area contributed by atoms with Gasteiger partial charge in [-0.15, -0.1) is 0 Å². The zero-order valence-electron chi connectivity index (χ0n) is 14.5. The minimum atomic E-state index is -0.408. The largest absolute Gasteiger partial charge is 0.379 e. The normalized spacial score (nSPS) is 28.7. The van der Waals surface area contributed by atoms with Gasteiger partial charge in [0.25, 0.3) is 0 Å². The summed E-state index contributed by atoms with van der Waals surface area (Å²) in [4.78, 5) is 14.9. The lowest BCUT2D eigenvalue weighted by Crippen LogP contribution is -2.51. The van der Waals surface area contributed by atoms with Crippen LogP contribution in [0.2, 0.25) is 0 Å². The molecule has 3 N–H and O–H groups in total. The predicted octanol–water partition coefficient (Wildman–Crippen LogP) is 1.06. The Bertz CT molecular complexity index is 551. The van der Waals surface area contributed by atoms with Crippen molar-refractivity contribution in [3.05, 3.63) is 12.4 Å². The van der Waals surface area contributed by atoms with Gasteiger partial charge >= 0.3 is 0 Å². The van der Waals surface area contributed by atoms with Crippen LogP contribution < -0.4 is 11.1 Å². The number of anilines is 1. The molecule has 7 heteroatoms. The Morgan fingerprint density at radius 2 is 2.21 bits per heavy atom. The minimum absolute atomic E-state index is 0.0208. The van der Waals surface area contributed by atoms with Crippen LogP contribution in [-0.4, -0.2) is 59.0 Å². The number of nitrogens with one attached hydrogen (secondary N) is 1. The minimum Gasteiger partial charge on any atom is -0.379 e. The predicted molar refractivity (Wildman–Crippen MR) is 92.7 cm³/mol. The molecule has 134 valence electrons. The van der Waals surface area contributed by atoms with Gasteiger partial charge in [0, 0.05) is 31.4 Å². The summed E-state index contributed by atoms with van der Waals surface area (Å²) in [7, 11) is 0. The van der Waals surface area contributed by atoms with Gasteiger partial charge in [-0.1, -0.05) is 12.8 Å². The van der Waals surface area contributed by atoms with Gasteiger partial charge in [-0.2, -0.15) is 5.10 Å². The molecule has 2 heterocycles. The molecule has 1 aliphatic heterocycles. The number of amides is 1. The first-order valence-electron chi connectivity index (χ1n) is 8.97. The molecule has 0 radical (unpaired) electrons. The second kappa shape index (κ2) is 7.63. The van der Waals surface area contributed by atoms with E-state index in [1.807, 2.05) is 17.8 Å². The summed E-state index contributed by atoms with van der Waals surface area (Å²) >= 11 is 0. The van der Waals surface area contributed by atoms with E-state index in [1.165, 1.54) is 0 Å². The summed E-state index contributed by atoms with van der Waals surface area (Å²) in [6, 6.07) is 0. The Labute approximate surface area is 143 Å². The molecule has 7 nitrogen and oxygen atoms in total. The van der Waals surface area contributed by atoms with Crippen LogP contribution in [0, 0.1) is 5.92 Å². The molecule has 1 aliphatic carbocycles. The van der Waals surface area contributed by atoms with E-state index in [4.69, 9.17) is 10.5 Å². The number of rotatable bonds is 5.